The molecule has 0 radical (unpaired) electrons. The summed E-state index contributed by atoms with van der Waals surface area (Å²) in [4.78, 5) is 16.7. The first kappa shape index (κ1) is 19.6. The quantitative estimate of drug-likeness (QED) is 0.590. The molecule has 0 saturated heterocycles. The van der Waals surface area contributed by atoms with Crippen LogP contribution in [0.4, 0.5) is 0 Å². The summed E-state index contributed by atoms with van der Waals surface area (Å²) in [5.41, 5.74) is 10.3. The number of ether oxygens (including phenoxy) is 1. The maximum atomic E-state index is 12.3. The van der Waals surface area contributed by atoms with E-state index >= 15 is 0 Å². The van der Waals surface area contributed by atoms with Gasteiger partial charge in [-0.2, -0.15) is 0 Å². The molecule has 0 bridgehead atoms. The van der Waals surface area contributed by atoms with Gasteiger partial charge in [-0.05, 0) is 48.2 Å². The fourth-order valence-electron chi connectivity index (χ4n) is 2.90. The normalized spacial score (nSPS) is 10.5. The lowest BCUT2D eigenvalue weighted by Crippen LogP contribution is -2.24. The summed E-state index contributed by atoms with van der Waals surface area (Å²) in [6.45, 7) is 1.14. The molecule has 3 N–H and O–H groups in total. The van der Waals surface area contributed by atoms with Crippen molar-refractivity contribution in [3.63, 3.8) is 0 Å². The molecule has 3 aromatic rings. The molecule has 1 aromatic heterocycles. The highest BCUT2D eigenvalue weighted by Gasteiger charge is 2.07. The molecule has 3 rings (SSSR count). The molecule has 0 unspecified atom stereocenters. The largest absolute Gasteiger partial charge is 0.497 e. The summed E-state index contributed by atoms with van der Waals surface area (Å²) in [5.74, 6) is 0.746. The Balaban J connectivity index is 1.48. The van der Waals surface area contributed by atoms with Crippen LogP contribution in [0.1, 0.15) is 27.9 Å². The number of aromatic nitrogens is 1. The molecule has 2 aromatic carbocycles. The van der Waals surface area contributed by atoms with Gasteiger partial charge in [0, 0.05) is 24.8 Å². The first-order valence-corrected chi connectivity index (χ1v) is 9.36. The van der Waals surface area contributed by atoms with Crippen molar-refractivity contribution in [3.05, 3.63) is 83.6 Å². The van der Waals surface area contributed by atoms with Crippen molar-refractivity contribution >= 4 is 5.91 Å². The van der Waals surface area contributed by atoms with Crippen molar-refractivity contribution in [1.82, 2.24) is 10.3 Å². The zero-order chi connectivity index (χ0) is 19.8. The lowest BCUT2D eigenvalue weighted by molar-refractivity contribution is 0.0953. The van der Waals surface area contributed by atoms with E-state index in [1.807, 2.05) is 54.6 Å². The minimum absolute atomic E-state index is 0.104. The molecule has 0 aliphatic rings. The van der Waals surface area contributed by atoms with Gasteiger partial charge in [-0.3, -0.25) is 9.78 Å². The zero-order valence-corrected chi connectivity index (χ0v) is 16.0. The van der Waals surface area contributed by atoms with Gasteiger partial charge >= 0.3 is 0 Å². The van der Waals surface area contributed by atoms with Gasteiger partial charge in [0.2, 0.25) is 0 Å². The number of hydrogen-bond acceptors (Lipinski definition) is 4. The second-order valence-corrected chi connectivity index (χ2v) is 6.54. The van der Waals surface area contributed by atoms with Crippen molar-refractivity contribution in [2.24, 2.45) is 5.73 Å². The van der Waals surface area contributed by atoms with E-state index in [1.54, 1.807) is 19.4 Å². The second kappa shape index (κ2) is 9.67. The van der Waals surface area contributed by atoms with Gasteiger partial charge in [0.1, 0.15) is 5.75 Å². The molecular formula is C23H25N3O2. The summed E-state index contributed by atoms with van der Waals surface area (Å²) in [6, 6.07) is 19.6. The molecule has 0 saturated carbocycles. The Morgan fingerprint density at radius 1 is 1.00 bits per heavy atom. The van der Waals surface area contributed by atoms with Crippen molar-refractivity contribution < 1.29 is 9.53 Å². The molecule has 28 heavy (non-hydrogen) atoms. The summed E-state index contributed by atoms with van der Waals surface area (Å²) >= 11 is 0. The summed E-state index contributed by atoms with van der Waals surface area (Å²) in [6.07, 6.45) is 3.39. The van der Waals surface area contributed by atoms with E-state index in [4.69, 9.17) is 10.5 Å². The topological polar surface area (TPSA) is 77.2 Å². The standard InChI is InChI=1S/C23H25N3O2/c1-28-21-11-6-17(7-12-21)3-2-14-25-23(27)20-10-13-22(26-16-20)19-8-4-18(15-24)5-9-19/h4-13,16H,2-3,14-15,24H2,1H3,(H,25,27). The van der Waals surface area contributed by atoms with Crippen LogP contribution in [0.3, 0.4) is 0 Å². The molecule has 5 heteroatoms. The number of carbonyl (C=O) groups excluding carboxylic acids is 1. The van der Waals surface area contributed by atoms with Crippen molar-refractivity contribution in [1.29, 1.82) is 0 Å². The Hall–Kier alpha value is -3.18. The predicted molar refractivity (Wildman–Crippen MR) is 111 cm³/mol. The van der Waals surface area contributed by atoms with Gasteiger partial charge < -0.3 is 15.8 Å². The zero-order valence-electron chi connectivity index (χ0n) is 16.0. The van der Waals surface area contributed by atoms with Crippen LogP contribution < -0.4 is 15.8 Å². The molecule has 0 aliphatic heterocycles. The molecule has 1 amide bonds. The van der Waals surface area contributed by atoms with E-state index in [1.165, 1.54) is 5.56 Å². The lowest BCUT2D eigenvalue weighted by Gasteiger charge is -2.07. The number of aryl methyl sites for hydroxylation is 1. The Morgan fingerprint density at radius 2 is 1.71 bits per heavy atom. The van der Waals surface area contributed by atoms with Crippen LogP contribution >= 0.6 is 0 Å². The third kappa shape index (κ3) is 5.18. The van der Waals surface area contributed by atoms with Crippen LogP contribution in [-0.2, 0) is 13.0 Å². The third-order valence-corrected chi connectivity index (χ3v) is 4.60. The number of benzene rings is 2. The fraction of sp³-hybridized carbons (Fsp3) is 0.217. The third-order valence-electron chi connectivity index (χ3n) is 4.60. The summed E-state index contributed by atoms with van der Waals surface area (Å²) in [7, 11) is 1.66. The maximum Gasteiger partial charge on any atom is 0.252 e. The maximum absolute atomic E-state index is 12.3. The van der Waals surface area contributed by atoms with Crippen LogP contribution in [0.25, 0.3) is 11.3 Å². The Morgan fingerprint density at radius 3 is 2.32 bits per heavy atom. The van der Waals surface area contributed by atoms with Crippen molar-refractivity contribution in [2.75, 3.05) is 13.7 Å². The highest BCUT2D eigenvalue weighted by Crippen LogP contribution is 2.18. The fourth-order valence-corrected chi connectivity index (χ4v) is 2.90. The van der Waals surface area contributed by atoms with Gasteiger partial charge in [0.15, 0.2) is 0 Å². The summed E-state index contributed by atoms with van der Waals surface area (Å²) < 4.78 is 5.15. The lowest BCUT2D eigenvalue weighted by atomic mass is 10.1. The Kier molecular flexibility index (Phi) is 6.76. The molecule has 1 heterocycles. The Labute approximate surface area is 165 Å². The van der Waals surface area contributed by atoms with E-state index in [-0.39, 0.29) is 5.91 Å². The van der Waals surface area contributed by atoms with Gasteiger partial charge in [0.05, 0.1) is 18.4 Å². The number of nitrogens with one attached hydrogen (secondary N) is 1. The monoisotopic (exact) mass is 375 g/mol. The number of carbonyl (C=O) groups is 1. The number of nitrogens with zero attached hydrogens (tertiary/aromatic N) is 1. The molecule has 144 valence electrons. The number of methoxy groups -OCH3 is 1. The van der Waals surface area contributed by atoms with Gasteiger partial charge in [-0.25, -0.2) is 0 Å². The van der Waals surface area contributed by atoms with Crippen LogP contribution in [0.15, 0.2) is 66.9 Å². The first-order chi connectivity index (χ1) is 13.7. The Bertz CT molecular complexity index is 889. The molecule has 0 fully saturated rings. The molecule has 0 aliphatic carbocycles. The van der Waals surface area contributed by atoms with Gasteiger partial charge in [-0.15, -0.1) is 0 Å². The van der Waals surface area contributed by atoms with Gasteiger partial charge in [-0.1, -0.05) is 36.4 Å². The summed E-state index contributed by atoms with van der Waals surface area (Å²) in [5, 5.41) is 2.95. The van der Waals surface area contributed by atoms with E-state index in [2.05, 4.69) is 10.3 Å². The minimum atomic E-state index is -0.104. The van der Waals surface area contributed by atoms with Crippen molar-refractivity contribution in [3.8, 4) is 17.0 Å². The molecular weight excluding hydrogens is 350 g/mol. The van der Waals surface area contributed by atoms with E-state index in [9.17, 15) is 4.79 Å². The van der Waals surface area contributed by atoms with Gasteiger partial charge in [0.25, 0.3) is 5.91 Å². The van der Waals surface area contributed by atoms with Crippen molar-refractivity contribution in [2.45, 2.75) is 19.4 Å². The smallest absolute Gasteiger partial charge is 0.252 e. The SMILES string of the molecule is COc1ccc(CCCNC(=O)c2ccc(-c3ccc(CN)cc3)nc2)cc1. The minimum Gasteiger partial charge on any atom is -0.497 e. The van der Waals surface area contributed by atoms with E-state index in [0.29, 0.717) is 18.7 Å². The van der Waals surface area contributed by atoms with Crippen LogP contribution in [0, 0.1) is 0 Å². The van der Waals surface area contributed by atoms with Crippen LogP contribution in [-0.4, -0.2) is 24.5 Å². The van der Waals surface area contributed by atoms with Crippen LogP contribution in [0.2, 0.25) is 0 Å². The average molecular weight is 375 g/mol. The average Bonchev–Trinajstić information content (AvgIpc) is 2.77. The highest BCUT2D eigenvalue weighted by molar-refractivity contribution is 5.94. The number of pyridine rings is 1. The molecule has 5 nitrogen and oxygen atoms in total. The number of nitrogens with two attached hydrogens (primary N) is 1. The number of amides is 1. The number of rotatable bonds is 8. The highest BCUT2D eigenvalue weighted by atomic mass is 16.5. The number of hydrogen-bond donors (Lipinski definition) is 2. The van der Waals surface area contributed by atoms with E-state index < -0.39 is 0 Å². The predicted octanol–water partition coefficient (Wildman–Crippen LogP) is 3.58. The van der Waals surface area contributed by atoms with E-state index in [0.717, 1.165) is 35.4 Å². The molecule has 0 spiro atoms. The molecule has 0 atom stereocenters. The van der Waals surface area contributed by atoms with Crippen LogP contribution in [0.5, 0.6) is 5.75 Å². The second-order valence-electron chi connectivity index (χ2n) is 6.54. The first-order valence-electron chi connectivity index (χ1n) is 9.36.